The average Bonchev–Trinajstić information content (AvgIpc) is 3.77. The van der Waals surface area contributed by atoms with Crippen LogP contribution in [0.2, 0.25) is 0 Å². The van der Waals surface area contributed by atoms with Crippen molar-refractivity contribution in [3.05, 3.63) is 82.9 Å². The number of benzene rings is 2. The van der Waals surface area contributed by atoms with Crippen LogP contribution in [0.5, 0.6) is 0 Å². The first-order valence-corrected chi connectivity index (χ1v) is 20.0. The molecule has 12 heteroatoms. The highest BCUT2D eigenvalue weighted by Crippen LogP contribution is 2.59. The Hall–Kier alpha value is -4.00. The first kappa shape index (κ1) is 39.7. The summed E-state index contributed by atoms with van der Waals surface area (Å²) in [6.45, 7) is 11.5. The van der Waals surface area contributed by atoms with Gasteiger partial charge >= 0.3 is 5.97 Å². The smallest absolute Gasteiger partial charge is 0.313 e. The van der Waals surface area contributed by atoms with E-state index in [0.717, 1.165) is 18.8 Å². The lowest BCUT2D eigenvalue weighted by atomic mass is 9.74. The Morgan fingerprint density at radius 2 is 1.65 bits per heavy atom. The minimum Gasteiger partial charge on any atom is -0.455 e. The standard InChI is InChI=1S/C42H53BrN4O7/c1-7-45(8-2)29-18-20-30(21-19-29)46-22-14-10-13-17-33(49)44(6)27(5)36(28-15-11-9-12-16-28)53-41(52)34-35-39(50)47(31(25-48)23-26(3)4)38(40(46)51)42(35)24-32(43)37(34)54-42/h9-12,14-16,18-21,24,26-27,31,34-38,48H,7-8,13,17,22-23,25H2,1-6H3/b14-10-/t27-,31-,34+,35-,36+,37+,38+,42-/m1/s1. The molecular formula is C42H53BrN4O7. The van der Waals surface area contributed by atoms with E-state index in [-0.39, 0.29) is 31.4 Å². The number of rotatable bonds is 9. The van der Waals surface area contributed by atoms with E-state index in [9.17, 15) is 19.5 Å². The lowest BCUT2D eigenvalue weighted by Crippen LogP contribution is -2.59. The van der Waals surface area contributed by atoms with Gasteiger partial charge in [0.05, 0.1) is 24.6 Å². The molecule has 6 rings (SSSR count). The number of likely N-dealkylation sites (tertiary alicyclic amines) is 1. The highest BCUT2D eigenvalue weighted by Gasteiger charge is 2.75. The van der Waals surface area contributed by atoms with Crippen LogP contribution >= 0.6 is 15.9 Å². The molecule has 5 bridgehead atoms. The number of ether oxygens (including phenoxy) is 2. The van der Waals surface area contributed by atoms with Crippen LogP contribution in [0.1, 0.15) is 65.5 Å². The molecule has 2 saturated heterocycles. The molecule has 4 heterocycles. The summed E-state index contributed by atoms with van der Waals surface area (Å²) in [7, 11) is 1.71. The molecule has 1 spiro atoms. The Bertz CT molecular complexity index is 1760. The van der Waals surface area contributed by atoms with Crippen LogP contribution in [0, 0.1) is 17.8 Å². The Balaban J connectivity index is 1.50. The van der Waals surface area contributed by atoms with Gasteiger partial charge in [-0.15, -0.1) is 0 Å². The number of halogens is 1. The maximum Gasteiger partial charge on any atom is 0.313 e. The number of anilines is 2. The molecule has 1 N–H and O–H groups in total. The second kappa shape index (κ2) is 16.4. The monoisotopic (exact) mass is 804 g/mol. The Kier molecular flexibility index (Phi) is 12.0. The van der Waals surface area contributed by atoms with E-state index in [1.54, 1.807) is 22.9 Å². The molecule has 2 aromatic rings. The molecule has 2 aromatic carbocycles. The third kappa shape index (κ3) is 7.12. The largest absolute Gasteiger partial charge is 0.455 e. The van der Waals surface area contributed by atoms with Crippen molar-refractivity contribution in [2.24, 2.45) is 17.8 Å². The Morgan fingerprint density at radius 3 is 2.28 bits per heavy atom. The highest BCUT2D eigenvalue weighted by atomic mass is 79.9. The van der Waals surface area contributed by atoms with Crippen molar-refractivity contribution in [3.8, 4) is 0 Å². The van der Waals surface area contributed by atoms with Crippen LogP contribution in [0.3, 0.4) is 0 Å². The van der Waals surface area contributed by atoms with E-state index in [1.165, 1.54) is 4.90 Å². The highest BCUT2D eigenvalue weighted by molar-refractivity contribution is 9.11. The van der Waals surface area contributed by atoms with Crippen LogP contribution in [-0.2, 0) is 28.7 Å². The van der Waals surface area contributed by atoms with Gasteiger partial charge in [0.1, 0.15) is 29.8 Å². The summed E-state index contributed by atoms with van der Waals surface area (Å²) in [6, 6.07) is 14.6. The second-order valence-electron chi connectivity index (χ2n) is 15.2. The normalized spacial score (nSPS) is 30.1. The number of fused-ring (bicyclic) bond motifs is 2. The molecule has 4 aliphatic heterocycles. The van der Waals surface area contributed by atoms with Gasteiger partial charge < -0.3 is 34.2 Å². The summed E-state index contributed by atoms with van der Waals surface area (Å²) < 4.78 is 13.7. The van der Waals surface area contributed by atoms with Gasteiger partial charge in [0, 0.05) is 49.0 Å². The van der Waals surface area contributed by atoms with Gasteiger partial charge in [-0.3, -0.25) is 19.2 Å². The zero-order chi connectivity index (χ0) is 38.9. The summed E-state index contributed by atoms with van der Waals surface area (Å²) in [5.41, 5.74) is 0.833. The number of hydrogen-bond acceptors (Lipinski definition) is 8. The van der Waals surface area contributed by atoms with Gasteiger partial charge in [0.15, 0.2) is 0 Å². The predicted octanol–water partition coefficient (Wildman–Crippen LogP) is 5.63. The number of carbonyl (C=O) groups excluding carboxylic acids is 4. The number of aliphatic hydroxyl groups is 1. The van der Waals surface area contributed by atoms with Crippen LogP contribution in [0.4, 0.5) is 11.4 Å². The fraction of sp³-hybridized carbons (Fsp3) is 0.524. The molecule has 3 amide bonds. The molecule has 4 aliphatic rings. The number of hydrogen-bond donors (Lipinski definition) is 1. The number of allylic oxidation sites excluding steroid dienone is 1. The number of esters is 1. The molecule has 2 fully saturated rings. The van der Waals surface area contributed by atoms with Crippen molar-refractivity contribution in [3.63, 3.8) is 0 Å². The van der Waals surface area contributed by atoms with E-state index in [2.05, 4.69) is 34.7 Å². The van der Waals surface area contributed by atoms with Crippen molar-refractivity contribution in [1.29, 1.82) is 0 Å². The lowest BCUT2D eigenvalue weighted by molar-refractivity contribution is -0.164. The summed E-state index contributed by atoms with van der Waals surface area (Å²) in [5.74, 6) is -3.68. The summed E-state index contributed by atoms with van der Waals surface area (Å²) in [4.78, 5) is 65.5. The van der Waals surface area contributed by atoms with Crippen molar-refractivity contribution in [2.75, 3.05) is 43.1 Å². The van der Waals surface area contributed by atoms with Gasteiger partial charge in [-0.05, 0) is 75.4 Å². The number of amides is 3. The van der Waals surface area contributed by atoms with Crippen LogP contribution < -0.4 is 9.80 Å². The summed E-state index contributed by atoms with van der Waals surface area (Å²) >= 11 is 3.65. The number of aliphatic hydroxyl groups excluding tert-OH is 1. The minimum atomic E-state index is -1.51. The quantitative estimate of drug-likeness (QED) is 0.256. The number of cyclic esters (lactones) is 1. The van der Waals surface area contributed by atoms with Crippen molar-refractivity contribution < 1.29 is 33.8 Å². The van der Waals surface area contributed by atoms with Crippen molar-refractivity contribution in [1.82, 2.24) is 9.80 Å². The second-order valence-corrected chi connectivity index (χ2v) is 16.1. The summed E-state index contributed by atoms with van der Waals surface area (Å²) in [5, 5.41) is 10.8. The van der Waals surface area contributed by atoms with E-state index in [4.69, 9.17) is 9.47 Å². The molecule has 0 aliphatic carbocycles. The maximum atomic E-state index is 15.4. The average molecular weight is 806 g/mol. The van der Waals surface area contributed by atoms with Gasteiger partial charge in [0.25, 0.3) is 5.91 Å². The molecule has 11 nitrogen and oxygen atoms in total. The fourth-order valence-corrected chi connectivity index (χ4v) is 9.46. The van der Waals surface area contributed by atoms with E-state index in [0.29, 0.717) is 28.6 Å². The van der Waals surface area contributed by atoms with Gasteiger partial charge in [0.2, 0.25) is 11.8 Å². The molecule has 8 atom stereocenters. The van der Waals surface area contributed by atoms with E-state index in [1.807, 2.05) is 87.5 Å². The van der Waals surface area contributed by atoms with Crippen LogP contribution in [-0.4, -0.2) is 102 Å². The zero-order valence-corrected chi connectivity index (χ0v) is 33.6. The minimum absolute atomic E-state index is 0.0916. The Morgan fingerprint density at radius 1 is 0.963 bits per heavy atom. The summed E-state index contributed by atoms with van der Waals surface area (Å²) in [6.07, 6.45) is 4.93. The van der Waals surface area contributed by atoms with Gasteiger partial charge in [-0.2, -0.15) is 0 Å². The maximum absolute atomic E-state index is 15.4. The van der Waals surface area contributed by atoms with Gasteiger partial charge in [-0.1, -0.05) is 72.3 Å². The number of nitrogens with zero attached hydrogens (tertiary/aromatic N) is 4. The molecule has 0 unspecified atom stereocenters. The van der Waals surface area contributed by atoms with Crippen LogP contribution in [0.15, 0.2) is 77.3 Å². The van der Waals surface area contributed by atoms with Crippen molar-refractivity contribution >= 4 is 51.0 Å². The molecule has 54 heavy (non-hydrogen) atoms. The molecule has 0 aromatic heterocycles. The van der Waals surface area contributed by atoms with E-state index >= 15 is 4.79 Å². The van der Waals surface area contributed by atoms with Crippen LogP contribution in [0.25, 0.3) is 0 Å². The Labute approximate surface area is 327 Å². The molecule has 290 valence electrons. The van der Waals surface area contributed by atoms with Gasteiger partial charge in [-0.25, -0.2) is 0 Å². The molecule has 0 saturated carbocycles. The molecule has 0 radical (unpaired) electrons. The SMILES string of the molecule is CCN(CC)c1ccc(N2C/C=C\CCC(=O)N(C)[C@H](C)[C@@H](c3ccccc3)OC(=O)[C@@H]3[C@H]4O[C@@]5(C=C4Br)[C@H](C2=O)N([C@@H](CO)CC(C)C)C(=O)[C@@H]35)cc1. The first-order valence-electron chi connectivity index (χ1n) is 19.2. The number of carbonyl (C=O) groups is 4. The topological polar surface area (TPSA) is 120 Å². The number of likely N-dealkylation sites (N-methyl/N-ethyl adjacent to an activating group) is 1. The first-order chi connectivity index (χ1) is 25.9. The third-order valence-corrected chi connectivity index (χ3v) is 12.2. The predicted molar refractivity (Wildman–Crippen MR) is 211 cm³/mol. The molecular weight excluding hydrogens is 752 g/mol. The lowest BCUT2D eigenvalue weighted by Gasteiger charge is -2.39. The zero-order valence-electron chi connectivity index (χ0n) is 32.1. The fourth-order valence-electron chi connectivity index (χ4n) is 8.72. The van der Waals surface area contributed by atoms with E-state index < -0.39 is 65.6 Å². The third-order valence-electron chi connectivity index (χ3n) is 11.6. The van der Waals surface area contributed by atoms with Crippen molar-refractivity contribution in [2.45, 2.75) is 89.8 Å².